The van der Waals surface area contributed by atoms with Crippen LogP contribution in [0.15, 0.2) is 11.9 Å². The van der Waals surface area contributed by atoms with E-state index in [0.717, 1.165) is 31.4 Å². The molecule has 3 rings (SSSR count). The summed E-state index contributed by atoms with van der Waals surface area (Å²) in [7, 11) is 0. The first-order chi connectivity index (χ1) is 6.20. The molecule has 3 aliphatic rings. The Morgan fingerprint density at radius 3 is 2.64 bits per heavy atom. The minimum absolute atomic E-state index is 0. The topological polar surface area (TPSA) is 3.24 Å². The Kier molecular flexibility index (Phi) is 2.66. The van der Waals surface area contributed by atoms with Crippen molar-refractivity contribution in [3.05, 3.63) is 18.8 Å². The fourth-order valence-corrected chi connectivity index (χ4v) is 3.28. The summed E-state index contributed by atoms with van der Waals surface area (Å²) in [4.78, 5) is 2.38. The van der Waals surface area contributed by atoms with E-state index in [2.05, 4.69) is 11.8 Å². The third kappa shape index (κ3) is 1.22. The maximum absolute atomic E-state index is 12.4. The van der Waals surface area contributed by atoms with Crippen molar-refractivity contribution < 1.29 is 35.5 Å². The van der Waals surface area contributed by atoms with Crippen molar-refractivity contribution in [2.45, 2.75) is 31.2 Å². The van der Waals surface area contributed by atoms with Gasteiger partial charge in [0.05, 0.1) is 6.33 Å². The molecule has 0 aromatic heterocycles. The Hall–Kier alpha value is 0.682. The van der Waals surface area contributed by atoms with E-state index in [1.165, 1.54) is 19.3 Å². The summed E-state index contributed by atoms with van der Waals surface area (Å²) in [5, 5.41) is 0. The van der Waals surface area contributed by atoms with Gasteiger partial charge in [-0.15, -0.1) is 0 Å². The fourth-order valence-electron chi connectivity index (χ4n) is 3.28. The first kappa shape index (κ1) is 11.2. The monoisotopic (exact) mass is 418 g/mol. The van der Waals surface area contributed by atoms with Crippen molar-refractivity contribution in [1.29, 1.82) is 0 Å². The van der Waals surface area contributed by atoms with Gasteiger partial charge in [-0.2, -0.15) is 0 Å². The quantitative estimate of drug-likeness (QED) is 0.546. The van der Waals surface area contributed by atoms with Gasteiger partial charge in [0.2, 0.25) is 0 Å². The summed E-state index contributed by atoms with van der Waals surface area (Å²) in [5.74, 6) is 0. The molecule has 3 fully saturated rings. The molecular weight excluding hydrogens is 403 g/mol. The van der Waals surface area contributed by atoms with Gasteiger partial charge < -0.3 is 11.8 Å². The largest absolute Gasteiger partial charge is 0.322 e. The summed E-state index contributed by atoms with van der Waals surface area (Å²) in [5.41, 5.74) is 1.48. The Bertz CT molecular complexity index is 285. The minimum atomic E-state index is 0. The van der Waals surface area contributed by atoms with Crippen LogP contribution < -0.4 is 0 Å². The van der Waals surface area contributed by atoms with Gasteiger partial charge in [0.15, 0.2) is 0 Å². The third-order valence-corrected chi connectivity index (χ3v) is 4.37. The van der Waals surface area contributed by atoms with Crippen LogP contribution in [0.1, 0.15) is 25.7 Å². The average Bonchev–Trinajstić information content (AvgIpc) is 2.78. The van der Waals surface area contributed by atoms with E-state index >= 15 is 0 Å². The molecule has 1 saturated carbocycles. The zero-order valence-corrected chi connectivity index (χ0v) is 12.5. The van der Waals surface area contributed by atoms with E-state index in [-0.39, 0.29) is 36.7 Å². The van der Waals surface area contributed by atoms with Gasteiger partial charge in [-0.05, 0) is 43.2 Å². The molecule has 14 heavy (non-hydrogen) atoms. The molecule has 1 aliphatic carbocycles. The van der Waals surface area contributed by atoms with Crippen LogP contribution in [0.4, 0.5) is 4.39 Å². The second-order valence-corrected chi connectivity index (χ2v) is 4.93. The zero-order chi connectivity index (χ0) is 9.10. The Morgan fingerprint density at radius 1 is 1.36 bits per heavy atom. The van der Waals surface area contributed by atoms with Crippen LogP contribution in [0.2, 0.25) is 0 Å². The van der Waals surface area contributed by atoms with Gasteiger partial charge in [0.25, 0.3) is 0 Å². The Balaban J connectivity index is 0.000000750. The van der Waals surface area contributed by atoms with Gasteiger partial charge in [-0.3, -0.25) is 0 Å². The summed E-state index contributed by atoms with van der Waals surface area (Å²) < 4.78 is 12.4. The van der Waals surface area contributed by atoms with Gasteiger partial charge in [-0.25, -0.2) is 4.39 Å². The minimum Gasteiger partial charge on any atom is -0.322 e. The normalized spacial score (nSPS) is 41.4. The van der Waals surface area contributed by atoms with Crippen molar-refractivity contribution in [2.75, 3.05) is 13.1 Å². The van der Waals surface area contributed by atoms with Crippen molar-refractivity contribution in [3.8, 4) is 0 Å². The molecule has 0 amide bonds. The third-order valence-electron chi connectivity index (χ3n) is 4.37. The molecule has 2 aliphatic heterocycles. The first-order valence-corrected chi connectivity index (χ1v) is 5.09. The van der Waals surface area contributed by atoms with E-state index in [0.29, 0.717) is 5.41 Å². The maximum Gasteiger partial charge on any atom is 0.0871 e. The number of fused-ring (bicyclic) bond motifs is 2. The van der Waals surface area contributed by atoms with Gasteiger partial charge >= 0.3 is 0 Å². The number of hydrogen-bond donors (Lipinski definition) is 0. The molecule has 0 bridgehead atoms. The van der Waals surface area contributed by atoms with Crippen LogP contribution >= 0.6 is 0 Å². The molecule has 0 unspecified atom stereocenters. The number of hydrogen-bond acceptors (Lipinski definition) is 1. The molecule has 1 nitrogen and oxygen atoms in total. The van der Waals surface area contributed by atoms with Crippen LogP contribution in [0.5, 0.6) is 0 Å². The smallest absolute Gasteiger partial charge is 0.0871 e. The van der Waals surface area contributed by atoms with Crippen LogP contribution in [0.25, 0.3) is 0 Å². The van der Waals surface area contributed by atoms with E-state index in [9.17, 15) is 4.39 Å². The predicted octanol–water partition coefficient (Wildman–Crippen LogP) is 2.30. The Morgan fingerprint density at radius 2 is 2.07 bits per heavy atom. The standard InChI is InChI=1S/C11H15FN.U/c1-10-6-9(7-12)8-13(10)5-4-11(10)2-3-11;/h7H,1-6,8H2;/q-1;/b9-7-;/t10-;/m1./s1. The molecular formula is C11H15FNU-. The number of nitrogens with zero attached hydrogens (tertiary/aromatic N) is 1. The van der Waals surface area contributed by atoms with E-state index in [1.807, 2.05) is 0 Å². The molecule has 1 atom stereocenters. The van der Waals surface area contributed by atoms with Crippen molar-refractivity contribution in [2.24, 2.45) is 5.41 Å². The van der Waals surface area contributed by atoms with Crippen molar-refractivity contribution >= 4 is 0 Å². The first-order valence-electron chi connectivity index (χ1n) is 5.09. The summed E-state index contributed by atoms with van der Waals surface area (Å²) in [6, 6.07) is 0. The van der Waals surface area contributed by atoms with Crippen LogP contribution in [0, 0.1) is 43.5 Å². The zero-order valence-electron chi connectivity index (χ0n) is 8.35. The van der Waals surface area contributed by atoms with Gasteiger partial charge in [-0.1, -0.05) is 5.54 Å². The number of halogens is 1. The molecule has 2 saturated heterocycles. The van der Waals surface area contributed by atoms with E-state index in [4.69, 9.17) is 0 Å². The molecule has 0 radical (unpaired) electrons. The predicted molar refractivity (Wildman–Crippen MR) is 49.8 cm³/mol. The average molecular weight is 418 g/mol. The fraction of sp³-hybridized carbons (Fsp3) is 0.727. The van der Waals surface area contributed by atoms with Gasteiger partial charge in [0.1, 0.15) is 0 Å². The molecule has 0 aromatic carbocycles. The van der Waals surface area contributed by atoms with Crippen molar-refractivity contribution in [1.82, 2.24) is 4.90 Å². The van der Waals surface area contributed by atoms with Crippen molar-refractivity contribution in [3.63, 3.8) is 0 Å². The summed E-state index contributed by atoms with van der Waals surface area (Å²) in [6.07, 6.45) is 5.57. The molecule has 0 N–H and O–H groups in total. The van der Waals surface area contributed by atoms with Crippen LogP contribution in [-0.4, -0.2) is 23.5 Å². The van der Waals surface area contributed by atoms with E-state index < -0.39 is 0 Å². The van der Waals surface area contributed by atoms with Crippen LogP contribution in [-0.2, 0) is 0 Å². The van der Waals surface area contributed by atoms with Crippen LogP contribution in [0.3, 0.4) is 0 Å². The molecule has 3 heteroatoms. The summed E-state index contributed by atoms with van der Waals surface area (Å²) >= 11 is 0. The molecule has 1 spiro atoms. The SMILES string of the molecule is [CH2-][C@]12C/C(=C/F)CN1CCC21CC1.[U]. The Labute approximate surface area is 108 Å². The molecule has 0 aromatic rings. The second-order valence-electron chi connectivity index (χ2n) is 4.93. The molecule has 2 heterocycles. The van der Waals surface area contributed by atoms with E-state index in [1.54, 1.807) is 0 Å². The van der Waals surface area contributed by atoms with Gasteiger partial charge in [0, 0.05) is 37.7 Å². The maximum atomic E-state index is 12.4. The second kappa shape index (κ2) is 3.34. The summed E-state index contributed by atoms with van der Waals surface area (Å²) in [6.45, 7) is 6.31. The number of rotatable bonds is 0. The molecule has 76 valence electrons.